The first-order chi connectivity index (χ1) is 9.66. The van der Waals surface area contributed by atoms with E-state index < -0.39 is 5.82 Å². The fourth-order valence-corrected chi connectivity index (χ4v) is 1.64. The van der Waals surface area contributed by atoms with Crippen molar-refractivity contribution in [3.05, 3.63) is 47.8 Å². The maximum atomic E-state index is 13.7. The monoisotopic (exact) mass is 276 g/mol. The third-order valence-electron chi connectivity index (χ3n) is 2.64. The van der Waals surface area contributed by atoms with Gasteiger partial charge in [-0.25, -0.2) is 4.39 Å². The summed E-state index contributed by atoms with van der Waals surface area (Å²) in [4.78, 5) is 10.6. The zero-order chi connectivity index (χ0) is 14.5. The number of rotatable bonds is 5. The van der Waals surface area contributed by atoms with Crippen molar-refractivity contribution in [2.45, 2.75) is 0 Å². The third kappa shape index (κ3) is 3.06. The lowest BCUT2D eigenvalue weighted by molar-refractivity contribution is 0.112. The summed E-state index contributed by atoms with van der Waals surface area (Å²) in [6, 6.07) is 8.87. The molecule has 0 bridgehead atoms. The zero-order valence-electron chi connectivity index (χ0n) is 11.1. The Hall–Kier alpha value is -2.56. The molecule has 0 fully saturated rings. The number of carbonyl (C=O) groups excluding carboxylic acids is 1. The van der Waals surface area contributed by atoms with E-state index in [4.69, 9.17) is 14.2 Å². The van der Waals surface area contributed by atoms with Crippen molar-refractivity contribution in [1.29, 1.82) is 0 Å². The molecule has 0 radical (unpaired) electrons. The summed E-state index contributed by atoms with van der Waals surface area (Å²) in [5.74, 6) is 0.842. The first kappa shape index (κ1) is 13.9. The van der Waals surface area contributed by atoms with Crippen molar-refractivity contribution in [3.8, 4) is 23.0 Å². The summed E-state index contributed by atoms with van der Waals surface area (Å²) >= 11 is 0. The van der Waals surface area contributed by atoms with Gasteiger partial charge in [0.2, 0.25) is 0 Å². The summed E-state index contributed by atoms with van der Waals surface area (Å²) in [6.45, 7) is 0. The zero-order valence-corrected chi connectivity index (χ0v) is 11.1. The largest absolute Gasteiger partial charge is 0.496 e. The van der Waals surface area contributed by atoms with Crippen molar-refractivity contribution in [2.24, 2.45) is 0 Å². The molecule has 0 aliphatic heterocycles. The highest BCUT2D eigenvalue weighted by Gasteiger charge is 2.08. The minimum Gasteiger partial charge on any atom is -0.496 e. The van der Waals surface area contributed by atoms with Gasteiger partial charge in [0.15, 0.2) is 11.6 Å². The van der Waals surface area contributed by atoms with Gasteiger partial charge >= 0.3 is 0 Å². The molecule has 4 nitrogen and oxygen atoms in total. The molecule has 2 aromatic rings. The Bertz CT molecular complexity index is 603. The number of aldehydes is 1. The van der Waals surface area contributed by atoms with Crippen LogP contribution in [0, 0.1) is 5.82 Å². The highest BCUT2D eigenvalue weighted by atomic mass is 19.1. The van der Waals surface area contributed by atoms with Crippen LogP contribution in [-0.2, 0) is 0 Å². The average Bonchev–Trinajstić information content (AvgIpc) is 2.48. The Kier molecular flexibility index (Phi) is 4.20. The van der Waals surface area contributed by atoms with Gasteiger partial charge in [0.25, 0.3) is 0 Å². The van der Waals surface area contributed by atoms with Gasteiger partial charge in [-0.3, -0.25) is 4.79 Å². The van der Waals surface area contributed by atoms with Gasteiger partial charge in [0, 0.05) is 23.8 Å². The number of benzene rings is 2. The van der Waals surface area contributed by atoms with E-state index in [1.165, 1.54) is 26.4 Å². The number of hydrogen-bond donors (Lipinski definition) is 0. The first-order valence-corrected chi connectivity index (χ1v) is 5.82. The molecule has 104 valence electrons. The van der Waals surface area contributed by atoms with Gasteiger partial charge in [0.1, 0.15) is 23.5 Å². The predicted octanol–water partition coefficient (Wildman–Crippen LogP) is 3.45. The molecule has 0 N–H and O–H groups in total. The lowest BCUT2D eigenvalue weighted by Gasteiger charge is -2.10. The quantitative estimate of drug-likeness (QED) is 0.785. The molecule has 0 amide bonds. The molecule has 0 heterocycles. The molecule has 0 aliphatic rings. The second kappa shape index (κ2) is 6.06. The number of hydrogen-bond acceptors (Lipinski definition) is 4. The molecule has 5 heteroatoms. The van der Waals surface area contributed by atoms with E-state index in [2.05, 4.69) is 0 Å². The summed E-state index contributed by atoms with van der Waals surface area (Å²) in [7, 11) is 3.02. The van der Waals surface area contributed by atoms with Crippen LogP contribution in [0.2, 0.25) is 0 Å². The number of carbonyl (C=O) groups is 1. The topological polar surface area (TPSA) is 44.8 Å². The van der Waals surface area contributed by atoms with Crippen LogP contribution in [-0.4, -0.2) is 20.5 Å². The highest BCUT2D eigenvalue weighted by molar-refractivity contribution is 5.75. The Morgan fingerprint density at radius 2 is 1.55 bits per heavy atom. The first-order valence-electron chi connectivity index (χ1n) is 5.82. The van der Waals surface area contributed by atoms with E-state index in [1.807, 2.05) is 0 Å². The molecule has 0 saturated carbocycles. The Morgan fingerprint density at radius 3 is 2.05 bits per heavy atom. The molecule has 0 unspecified atom stereocenters. The van der Waals surface area contributed by atoms with E-state index in [9.17, 15) is 9.18 Å². The van der Waals surface area contributed by atoms with Gasteiger partial charge < -0.3 is 14.2 Å². The van der Waals surface area contributed by atoms with Crippen molar-refractivity contribution >= 4 is 6.29 Å². The summed E-state index contributed by atoms with van der Waals surface area (Å²) < 4.78 is 29.4. The van der Waals surface area contributed by atoms with E-state index >= 15 is 0 Å². The normalized spacial score (nSPS) is 9.95. The van der Waals surface area contributed by atoms with Crippen LogP contribution in [0.1, 0.15) is 10.4 Å². The minimum absolute atomic E-state index is 0.0194. The van der Waals surface area contributed by atoms with Crippen LogP contribution in [0.5, 0.6) is 23.0 Å². The van der Waals surface area contributed by atoms with Crippen LogP contribution in [0.15, 0.2) is 36.4 Å². The molecule has 0 saturated heterocycles. The molecule has 0 spiro atoms. The van der Waals surface area contributed by atoms with Crippen LogP contribution < -0.4 is 14.2 Å². The number of halogens is 1. The van der Waals surface area contributed by atoms with Gasteiger partial charge in [-0.15, -0.1) is 0 Å². The van der Waals surface area contributed by atoms with E-state index in [1.54, 1.807) is 18.2 Å². The third-order valence-corrected chi connectivity index (χ3v) is 2.64. The fourth-order valence-electron chi connectivity index (χ4n) is 1.64. The molecule has 0 atom stereocenters. The second-order valence-corrected chi connectivity index (χ2v) is 3.96. The Labute approximate surface area is 115 Å². The molecule has 2 rings (SSSR count). The standard InChI is InChI=1S/C15H13FO4/c1-18-11-6-12(19-2)8-13(7-11)20-15-4-3-10(9-17)5-14(15)16/h3-9H,1-2H3. The lowest BCUT2D eigenvalue weighted by Crippen LogP contribution is -1.93. The smallest absolute Gasteiger partial charge is 0.166 e. The summed E-state index contributed by atoms with van der Waals surface area (Å²) in [6.07, 6.45) is 0.571. The minimum atomic E-state index is -0.614. The van der Waals surface area contributed by atoms with Crippen molar-refractivity contribution in [2.75, 3.05) is 14.2 Å². The molecule has 0 aliphatic carbocycles. The predicted molar refractivity (Wildman–Crippen MR) is 71.4 cm³/mol. The second-order valence-electron chi connectivity index (χ2n) is 3.96. The number of methoxy groups -OCH3 is 2. The maximum Gasteiger partial charge on any atom is 0.166 e. The summed E-state index contributed by atoms with van der Waals surface area (Å²) in [5, 5.41) is 0. The summed E-state index contributed by atoms with van der Waals surface area (Å²) in [5.41, 5.74) is 0.248. The molecule has 20 heavy (non-hydrogen) atoms. The SMILES string of the molecule is COc1cc(OC)cc(Oc2ccc(C=O)cc2F)c1. The van der Waals surface area contributed by atoms with Gasteiger partial charge in [0.05, 0.1) is 14.2 Å². The molecular formula is C15H13FO4. The molecular weight excluding hydrogens is 263 g/mol. The van der Waals surface area contributed by atoms with Crippen molar-refractivity contribution < 1.29 is 23.4 Å². The molecule has 0 aromatic heterocycles. The molecule has 2 aromatic carbocycles. The van der Waals surface area contributed by atoms with Crippen LogP contribution in [0.3, 0.4) is 0 Å². The van der Waals surface area contributed by atoms with E-state index in [0.717, 1.165) is 6.07 Å². The Balaban J connectivity index is 2.31. The van der Waals surface area contributed by atoms with Crippen LogP contribution in [0.4, 0.5) is 4.39 Å². The fraction of sp³-hybridized carbons (Fsp3) is 0.133. The van der Waals surface area contributed by atoms with E-state index in [-0.39, 0.29) is 11.3 Å². The lowest BCUT2D eigenvalue weighted by atomic mass is 10.2. The average molecular weight is 276 g/mol. The number of ether oxygens (including phenoxy) is 3. The maximum absolute atomic E-state index is 13.7. The van der Waals surface area contributed by atoms with Crippen molar-refractivity contribution in [1.82, 2.24) is 0 Å². The van der Waals surface area contributed by atoms with Crippen molar-refractivity contribution in [3.63, 3.8) is 0 Å². The Morgan fingerprint density at radius 1 is 0.950 bits per heavy atom. The van der Waals surface area contributed by atoms with Gasteiger partial charge in [-0.1, -0.05) is 0 Å². The van der Waals surface area contributed by atoms with E-state index in [0.29, 0.717) is 23.5 Å². The van der Waals surface area contributed by atoms with Gasteiger partial charge in [-0.05, 0) is 18.2 Å². The van der Waals surface area contributed by atoms with Crippen LogP contribution >= 0.6 is 0 Å². The van der Waals surface area contributed by atoms with Crippen LogP contribution in [0.25, 0.3) is 0 Å². The van der Waals surface area contributed by atoms with Gasteiger partial charge in [-0.2, -0.15) is 0 Å². The highest BCUT2D eigenvalue weighted by Crippen LogP contribution is 2.31.